The highest BCUT2D eigenvalue weighted by Crippen LogP contribution is 2.68. The Morgan fingerprint density at radius 1 is 1.26 bits per heavy atom. The Hall–Kier alpha value is -2.35. The molecule has 4 aliphatic rings. The SMILES string of the molecule is CCCC(=O)O[C@]1(C(=O)COC(C)=O)CC[C@H]2C3C[C@H](F)C4=CC(=O)C=C[C@]4(C)[C@H]3C(O)CC21C. The summed E-state index contributed by atoms with van der Waals surface area (Å²) in [5, 5.41) is 11.5. The zero-order valence-corrected chi connectivity index (χ0v) is 20.8. The van der Waals surface area contributed by atoms with E-state index in [9.17, 15) is 24.3 Å². The number of rotatable bonds is 6. The van der Waals surface area contributed by atoms with Crippen LogP contribution >= 0.6 is 0 Å². The van der Waals surface area contributed by atoms with Gasteiger partial charge in [-0.15, -0.1) is 0 Å². The fraction of sp³-hybridized carbons (Fsp3) is 0.704. The topological polar surface area (TPSA) is 107 Å². The van der Waals surface area contributed by atoms with Crippen LogP contribution in [0.5, 0.6) is 0 Å². The number of ketones is 2. The number of fused-ring (bicyclic) bond motifs is 5. The van der Waals surface area contributed by atoms with Crippen molar-refractivity contribution in [1.82, 2.24) is 0 Å². The zero-order valence-electron chi connectivity index (χ0n) is 20.8. The molecule has 0 aromatic carbocycles. The van der Waals surface area contributed by atoms with E-state index in [1.54, 1.807) is 6.08 Å². The molecule has 4 aliphatic carbocycles. The van der Waals surface area contributed by atoms with Crippen LogP contribution in [-0.4, -0.2) is 53.1 Å². The smallest absolute Gasteiger partial charge is 0.306 e. The lowest BCUT2D eigenvalue weighted by Crippen LogP contribution is -2.64. The first-order valence-corrected chi connectivity index (χ1v) is 12.6. The van der Waals surface area contributed by atoms with Crippen molar-refractivity contribution in [2.24, 2.45) is 28.6 Å². The molecule has 3 fully saturated rings. The number of esters is 2. The van der Waals surface area contributed by atoms with Gasteiger partial charge in [-0.25, -0.2) is 4.39 Å². The van der Waals surface area contributed by atoms with Crippen LogP contribution < -0.4 is 0 Å². The van der Waals surface area contributed by atoms with Gasteiger partial charge in [0.1, 0.15) is 6.17 Å². The Kier molecular flexibility index (Phi) is 6.58. The van der Waals surface area contributed by atoms with E-state index in [1.165, 1.54) is 19.1 Å². The fourth-order valence-corrected chi connectivity index (χ4v) is 7.74. The molecule has 0 spiro atoms. The Balaban J connectivity index is 1.75. The number of Topliss-reactive ketones (excluding diaryl/α,β-unsaturated/α-hetero) is 1. The molecule has 0 aliphatic heterocycles. The molecule has 0 heterocycles. The molecule has 7 nitrogen and oxygen atoms in total. The third-order valence-corrected chi connectivity index (χ3v) is 9.20. The van der Waals surface area contributed by atoms with Crippen LogP contribution in [-0.2, 0) is 28.7 Å². The van der Waals surface area contributed by atoms with Gasteiger partial charge in [0.25, 0.3) is 0 Å². The van der Waals surface area contributed by atoms with Crippen LogP contribution in [0.2, 0.25) is 0 Å². The van der Waals surface area contributed by atoms with Gasteiger partial charge in [-0.3, -0.25) is 19.2 Å². The first kappa shape index (κ1) is 25.7. The van der Waals surface area contributed by atoms with E-state index in [-0.39, 0.29) is 49.2 Å². The lowest BCUT2D eigenvalue weighted by Gasteiger charge is -2.60. The molecule has 0 bridgehead atoms. The molecular weight excluding hydrogens is 455 g/mol. The van der Waals surface area contributed by atoms with Gasteiger partial charge in [0.2, 0.25) is 5.78 Å². The number of carbonyl (C=O) groups is 4. The van der Waals surface area contributed by atoms with Crippen molar-refractivity contribution >= 4 is 23.5 Å². The monoisotopic (exact) mass is 490 g/mol. The maximum absolute atomic E-state index is 15.5. The third-order valence-electron chi connectivity index (χ3n) is 9.20. The predicted molar refractivity (Wildman–Crippen MR) is 124 cm³/mol. The van der Waals surface area contributed by atoms with Gasteiger partial charge in [-0.2, -0.15) is 0 Å². The largest absolute Gasteiger partial charge is 0.458 e. The van der Waals surface area contributed by atoms with E-state index >= 15 is 4.39 Å². The van der Waals surface area contributed by atoms with Crippen molar-refractivity contribution in [3.05, 3.63) is 23.8 Å². The average molecular weight is 491 g/mol. The summed E-state index contributed by atoms with van der Waals surface area (Å²) >= 11 is 0. The molecule has 192 valence electrons. The van der Waals surface area contributed by atoms with Crippen molar-refractivity contribution in [1.29, 1.82) is 0 Å². The van der Waals surface area contributed by atoms with Crippen LogP contribution in [0.15, 0.2) is 23.8 Å². The van der Waals surface area contributed by atoms with Gasteiger partial charge in [-0.05, 0) is 61.7 Å². The van der Waals surface area contributed by atoms with Crippen LogP contribution in [0.4, 0.5) is 4.39 Å². The number of hydrogen-bond acceptors (Lipinski definition) is 7. The van der Waals surface area contributed by atoms with Gasteiger partial charge in [0.05, 0.1) is 6.10 Å². The van der Waals surface area contributed by atoms with E-state index in [4.69, 9.17) is 9.47 Å². The van der Waals surface area contributed by atoms with Gasteiger partial charge >= 0.3 is 11.9 Å². The second-order valence-corrected chi connectivity index (χ2v) is 11.1. The standard InChI is InChI=1S/C27H35FO7/c1-5-6-23(33)35-27(22(32)14-34-15(2)29)10-8-18-17-12-20(28)19-11-16(30)7-9-25(19,3)24(17)21(31)13-26(18,27)4/h7,9,11,17-18,20-21,24,31H,5-6,8,10,12-14H2,1-4H3/t17?,18-,20-,21?,24+,25-,26?,27-/m0/s1. The Morgan fingerprint density at radius 3 is 2.63 bits per heavy atom. The Labute approximate surface area is 205 Å². The molecule has 3 saturated carbocycles. The molecule has 3 unspecified atom stereocenters. The van der Waals surface area contributed by atoms with Crippen LogP contribution in [0, 0.1) is 28.6 Å². The Bertz CT molecular complexity index is 1000. The highest BCUT2D eigenvalue weighted by molar-refractivity contribution is 6.01. The van der Waals surface area contributed by atoms with Crippen LogP contribution in [0.25, 0.3) is 0 Å². The number of allylic oxidation sites excluding steroid dienone is 4. The minimum absolute atomic E-state index is 0.127. The van der Waals surface area contributed by atoms with E-state index in [0.29, 0.717) is 18.4 Å². The highest BCUT2D eigenvalue weighted by Gasteiger charge is 2.71. The maximum Gasteiger partial charge on any atom is 0.306 e. The number of halogens is 1. The van der Waals surface area contributed by atoms with E-state index in [2.05, 4.69) is 0 Å². The van der Waals surface area contributed by atoms with Gasteiger partial charge in [0.15, 0.2) is 18.0 Å². The molecule has 0 amide bonds. The third kappa shape index (κ3) is 3.88. The molecule has 1 N–H and O–H groups in total. The molecular formula is C27H35FO7. The summed E-state index contributed by atoms with van der Waals surface area (Å²) in [4.78, 5) is 49.7. The molecule has 4 rings (SSSR count). The van der Waals surface area contributed by atoms with Crippen molar-refractivity contribution in [2.75, 3.05) is 6.61 Å². The van der Waals surface area contributed by atoms with Gasteiger partial charge in [0, 0.05) is 30.1 Å². The number of carbonyl (C=O) groups excluding carboxylic acids is 4. The van der Waals surface area contributed by atoms with Gasteiger partial charge in [-0.1, -0.05) is 26.8 Å². The summed E-state index contributed by atoms with van der Waals surface area (Å²) in [5.41, 5.74) is -2.94. The first-order chi connectivity index (χ1) is 16.4. The maximum atomic E-state index is 15.5. The number of aliphatic hydroxyl groups excluding tert-OH is 1. The van der Waals surface area contributed by atoms with Crippen LogP contribution in [0.1, 0.15) is 66.2 Å². The second kappa shape index (κ2) is 8.95. The van der Waals surface area contributed by atoms with Crippen molar-refractivity contribution in [3.63, 3.8) is 0 Å². The molecule has 0 saturated heterocycles. The number of aliphatic hydroxyl groups is 1. The Morgan fingerprint density at radius 2 is 1.97 bits per heavy atom. The second-order valence-electron chi connectivity index (χ2n) is 11.1. The average Bonchev–Trinajstić information content (AvgIpc) is 3.05. The number of ether oxygens (including phenoxy) is 2. The number of hydrogen-bond donors (Lipinski definition) is 1. The van der Waals surface area contributed by atoms with Crippen molar-refractivity contribution < 1.29 is 38.1 Å². The summed E-state index contributed by atoms with van der Waals surface area (Å²) in [6, 6.07) is 0. The summed E-state index contributed by atoms with van der Waals surface area (Å²) in [6.45, 7) is 6.22. The fourth-order valence-electron chi connectivity index (χ4n) is 7.74. The molecule has 0 radical (unpaired) electrons. The lowest BCUT2D eigenvalue weighted by atomic mass is 9.46. The summed E-state index contributed by atoms with van der Waals surface area (Å²) < 4.78 is 26.5. The summed E-state index contributed by atoms with van der Waals surface area (Å²) in [5.74, 6) is -2.71. The van der Waals surface area contributed by atoms with Gasteiger partial charge < -0.3 is 14.6 Å². The quantitative estimate of drug-likeness (QED) is 0.569. The van der Waals surface area contributed by atoms with E-state index in [0.717, 1.165) is 0 Å². The minimum Gasteiger partial charge on any atom is -0.458 e. The first-order valence-electron chi connectivity index (χ1n) is 12.6. The molecule has 8 atom stereocenters. The zero-order chi connectivity index (χ0) is 25.8. The van der Waals surface area contributed by atoms with Crippen molar-refractivity contribution in [2.45, 2.75) is 84.1 Å². The van der Waals surface area contributed by atoms with E-state index < -0.39 is 53.0 Å². The lowest BCUT2D eigenvalue weighted by molar-refractivity contribution is -0.202. The highest BCUT2D eigenvalue weighted by atomic mass is 19.1. The number of alkyl halides is 1. The van der Waals surface area contributed by atoms with Crippen LogP contribution in [0.3, 0.4) is 0 Å². The molecule has 35 heavy (non-hydrogen) atoms. The molecule has 8 heteroatoms. The van der Waals surface area contributed by atoms with E-state index in [1.807, 2.05) is 20.8 Å². The van der Waals surface area contributed by atoms with Crippen molar-refractivity contribution in [3.8, 4) is 0 Å². The normalized spacial score (nSPS) is 41.8. The molecule has 0 aromatic heterocycles. The molecule has 0 aromatic rings. The summed E-state index contributed by atoms with van der Waals surface area (Å²) in [6.07, 6.45) is 3.97. The summed E-state index contributed by atoms with van der Waals surface area (Å²) in [7, 11) is 0. The predicted octanol–water partition coefficient (Wildman–Crippen LogP) is 3.43. The minimum atomic E-state index is -1.56.